The minimum absolute atomic E-state index is 0.224. The number of nitrogens with zero attached hydrogens (tertiary/aromatic N) is 1. The molecule has 0 aliphatic heterocycles. The largest absolute Gasteiger partial charge is 0.268 e. The summed E-state index contributed by atoms with van der Waals surface area (Å²) in [6.45, 7) is 5.37. The minimum Gasteiger partial charge on any atom is -0.268 e. The maximum Gasteiger partial charge on any atom is 0.123 e. The zero-order valence-electron chi connectivity index (χ0n) is 8.25. The highest BCUT2D eigenvalue weighted by molar-refractivity contribution is 8.07. The Balaban J connectivity index is 3.14. The van der Waals surface area contributed by atoms with Crippen LogP contribution in [-0.2, 0) is 0 Å². The van der Waals surface area contributed by atoms with Crippen LogP contribution in [0.2, 0.25) is 0 Å². The molecule has 0 fully saturated rings. The van der Waals surface area contributed by atoms with Crippen molar-refractivity contribution < 1.29 is 4.39 Å². The molecule has 0 aliphatic rings. The van der Waals surface area contributed by atoms with E-state index in [0.29, 0.717) is 0 Å². The standard InChI is InChI=1S/C11H12FNS/c1-8(13-2)11(14-3)9-4-6-10(12)7-5-9/h4-7H,2H2,1,3H3/b11-8-. The summed E-state index contributed by atoms with van der Waals surface area (Å²) < 4.78 is 12.7. The number of hydrogen-bond donors (Lipinski definition) is 0. The van der Waals surface area contributed by atoms with Crippen LogP contribution in [0, 0.1) is 5.82 Å². The van der Waals surface area contributed by atoms with Gasteiger partial charge in [0, 0.05) is 4.91 Å². The fraction of sp³-hybridized carbons (Fsp3) is 0.182. The van der Waals surface area contributed by atoms with E-state index in [-0.39, 0.29) is 5.82 Å². The Labute approximate surface area is 87.8 Å². The Kier molecular flexibility index (Phi) is 3.89. The molecule has 1 aromatic rings. The molecule has 0 radical (unpaired) electrons. The Morgan fingerprint density at radius 3 is 2.36 bits per heavy atom. The fourth-order valence-corrected chi connectivity index (χ4v) is 1.88. The number of benzene rings is 1. The van der Waals surface area contributed by atoms with Crippen molar-refractivity contribution in [3.05, 3.63) is 41.3 Å². The molecule has 3 heteroatoms. The lowest BCUT2D eigenvalue weighted by atomic mass is 10.2. The van der Waals surface area contributed by atoms with Crippen LogP contribution < -0.4 is 0 Å². The van der Waals surface area contributed by atoms with E-state index < -0.39 is 0 Å². The van der Waals surface area contributed by atoms with E-state index in [0.717, 1.165) is 16.2 Å². The topological polar surface area (TPSA) is 12.4 Å². The van der Waals surface area contributed by atoms with Gasteiger partial charge in [-0.15, -0.1) is 11.8 Å². The number of hydrogen-bond acceptors (Lipinski definition) is 2. The van der Waals surface area contributed by atoms with E-state index in [2.05, 4.69) is 11.7 Å². The van der Waals surface area contributed by atoms with Gasteiger partial charge in [-0.1, -0.05) is 12.1 Å². The van der Waals surface area contributed by atoms with Crippen molar-refractivity contribution in [2.75, 3.05) is 6.26 Å². The smallest absolute Gasteiger partial charge is 0.123 e. The maximum absolute atomic E-state index is 12.7. The van der Waals surface area contributed by atoms with Gasteiger partial charge < -0.3 is 0 Å². The third-order valence-electron chi connectivity index (χ3n) is 1.88. The van der Waals surface area contributed by atoms with Crippen molar-refractivity contribution in [2.45, 2.75) is 6.92 Å². The van der Waals surface area contributed by atoms with Crippen LogP contribution in [-0.4, -0.2) is 13.0 Å². The molecular formula is C11H12FNS. The van der Waals surface area contributed by atoms with Crippen molar-refractivity contribution >= 4 is 23.4 Å². The van der Waals surface area contributed by atoms with Gasteiger partial charge in [0.25, 0.3) is 0 Å². The number of thioether (sulfide) groups is 1. The molecule has 1 rings (SSSR count). The summed E-state index contributed by atoms with van der Waals surface area (Å²) in [5.74, 6) is -0.224. The first kappa shape index (κ1) is 11.0. The average molecular weight is 209 g/mol. The molecule has 14 heavy (non-hydrogen) atoms. The van der Waals surface area contributed by atoms with Gasteiger partial charge in [-0.25, -0.2) is 4.39 Å². The highest BCUT2D eigenvalue weighted by atomic mass is 32.2. The summed E-state index contributed by atoms with van der Waals surface area (Å²) in [6.07, 6.45) is 1.97. The van der Waals surface area contributed by atoms with Crippen LogP contribution in [0.5, 0.6) is 0 Å². The molecule has 0 heterocycles. The molecule has 0 saturated heterocycles. The number of aliphatic imine (C=N–C) groups is 1. The molecule has 1 aromatic carbocycles. The van der Waals surface area contributed by atoms with Gasteiger partial charge in [-0.3, -0.25) is 4.99 Å². The normalized spacial score (nSPS) is 12.2. The number of halogens is 1. The van der Waals surface area contributed by atoms with E-state index >= 15 is 0 Å². The van der Waals surface area contributed by atoms with Crippen LogP contribution in [0.3, 0.4) is 0 Å². The Morgan fingerprint density at radius 1 is 1.36 bits per heavy atom. The molecular weight excluding hydrogens is 197 g/mol. The molecule has 1 nitrogen and oxygen atoms in total. The van der Waals surface area contributed by atoms with Crippen molar-refractivity contribution in [1.29, 1.82) is 0 Å². The van der Waals surface area contributed by atoms with E-state index in [4.69, 9.17) is 0 Å². The minimum atomic E-state index is -0.224. The highest BCUT2D eigenvalue weighted by Crippen LogP contribution is 2.28. The lowest BCUT2D eigenvalue weighted by Gasteiger charge is -2.06. The number of allylic oxidation sites excluding steroid dienone is 1. The molecule has 0 saturated carbocycles. The first-order chi connectivity index (χ1) is 6.69. The second-order valence-electron chi connectivity index (χ2n) is 2.78. The Morgan fingerprint density at radius 2 is 1.93 bits per heavy atom. The fourth-order valence-electron chi connectivity index (χ4n) is 1.15. The summed E-state index contributed by atoms with van der Waals surface area (Å²) >= 11 is 1.58. The lowest BCUT2D eigenvalue weighted by Crippen LogP contribution is -1.84. The van der Waals surface area contributed by atoms with Crippen molar-refractivity contribution in [3.8, 4) is 0 Å². The SMILES string of the molecule is C=N/C(C)=C(\SC)c1ccc(F)cc1. The first-order valence-electron chi connectivity index (χ1n) is 4.16. The molecule has 0 amide bonds. The quantitative estimate of drug-likeness (QED) is 0.693. The summed E-state index contributed by atoms with van der Waals surface area (Å²) in [4.78, 5) is 4.90. The van der Waals surface area contributed by atoms with E-state index in [1.54, 1.807) is 23.9 Å². The zero-order valence-corrected chi connectivity index (χ0v) is 9.07. The molecule has 0 atom stereocenters. The predicted molar refractivity (Wildman–Crippen MR) is 62.1 cm³/mol. The second-order valence-corrected chi connectivity index (χ2v) is 3.60. The van der Waals surface area contributed by atoms with Crippen molar-refractivity contribution in [2.24, 2.45) is 4.99 Å². The van der Waals surface area contributed by atoms with Gasteiger partial charge in [-0.2, -0.15) is 0 Å². The molecule has 0 bridgehead atoms. The third kappa shape index (κ3) is 2.45. The van der Waals surface area contributed by atoms with E-state index in [1.807, 2.05) is 13.2 Å². The van der Waals surface area contributed by atoms with Gasteiger partial charge in [0.1, 0.15) is 5.82 Å². The Bertz CT molecular complexity index is 354. The average Bonchev–Trinajstić information content (AvgIpc) is 2.21. The zero-order chi connectivity index (χ0) is 10.6. The summed E-state index contributed by atoms with van der Waals surface area (Å²) in [5.41, 5.74) is 1.84. The first-order valence-corrected chi connectivity index (χ1v) is 5.39. The van der Waals surface area contributed by atoms with Crippen LogP contribution in [0.25, 0.3) is 4.91 Å². The van der Waals surface area contributed by atoms with Crippen LogP contribution in [0.1, 0.15) is 12.5 Å². The van der Waals surface area contributed by atoms with Gasteiger partial charge in [0.2, 0.25) is 0 Å². The Hall–Kier alpha value is -1.09. The molecule has 0 aliphatic carbocycles. The monoisotopic (exact) mass is 209 g/mol. The molecule has 74 valence electrons. The maximum atomic E-state index is 12.7. The van der Waals surface area contributed by atoms with E-state index in [1.165, 1.54) is 12.1 Å². The summed E-state index contributed by atoms with van der Waals surface area (Å²) in [6, 6.07) is 6.38. The van der Waals surface area contributed by atoms with Gasteiger partial charge >= 0.3 is 0 Å². The van der Waals surface area contributed by atoms with Gasteiger partial charge in [0.05, 0.1) is 5.70 Å². The van der Waals surface area contributed by atoms with E-state index in [9.17, 15) is 4.39 Å². The molecule has 0 aromatic heterocycles. The molecule has 0 N–H and O–H groups in total. The lowest BCUT2D eigenvalue weighted by molar-refractivity contribution is 0.627. The second kappa shape index (κ2) is 4.96. The highest BCUT2D eigenvalue weighted by Gasteiger charge is 2.03. The summed E-state index contributed by atoms with van der Waals surface area (Å²) in [7, 11) is 0. The third-order valence-corrected chi connectivity index (χ3v) is 2.82. The molecule has 0 unspecified atom stereocenters. The summed E-state index contributed by atoms with van der Waals surface area (Å²) in [5, 5.41) is 0. The number of rotatable bonds is 3. The van der Waals surface area contributed by atoms with Crippen LogP contribution in [0.15, 0.2) is 35.0 Å². The van der Waals surface area contributed by atoms with Crippen molar-refractivity contribution in [3.63, 3.8) is 0 Å². The predicted octanol–water partition coefficient (Wildman–Crippen LogP) is 3.58. The molecule has 0 spiro atoms. The van der Waals surface area contributed by atoms with Crippen molar-refractivity contribution in [1.82, 2.24) is 0 Å². The van der Waals surface area contributed by atoms with Gasteiger partial charge in [-0.05, 0) is 37.6 Å². The van der Waals surface area contributed by atoms with Crippen LogP contribution in [0.4, 0.5) is 4.39 Å². The van der Waals surface area contributed by atoms with Crippen LogP contribution >= 0.6 is 11.8 Å². The van der Waals surface area contributed by atoms with Gasteiger partial charge in [0.15, 0.2) is 0 Å².